The molecule has 2 aliphatic rings. The molecule has 2 aliphatic heterocycles. The average Bonchev–Trinajstić information content (AvgIpc) is 1.56. The van der Waals surface area contributed by atoms with Crippen LogP contribution in [0, 0.1) is 0 Å². The predicted octanol–water partition coefficient (Wildman–Crippen LogP) is 20.9. The Hall–Kier alpha value is -10.8. The van der Waals surface area contributed by atoms with Crippen LogP contribution in [0.15, 0.2) is 216 Å². The maximum Gasteiger partial charge on any atom is 0.362 e. The van der Waals surface area contributed by atoms with Gasteiger partial charge in [-0.25, -0.2) is 47.9 Å². The van der Waals surface area contributed by atoms with Crippen LogP contribution >= 0.6 is 92.8 Å². The normalized spacial score (nSPS) is 15.3. The molecule has 5 N–H and O–H groups in total. The molecule has 11 rings (SSSR count). The van der Waals surface area contributed by atoms with E-state index in [1.807, 2.05) is 33.8 Å². The number of epoxide rings is 1. The Balaban J connectivity index is 0.000000280. The Morgan fingerprint density at radius 1 is 0.515 bits per heavy atom. The monoisotopic (exact) mass is 1950 g/mol. The van der Waals surface area contributed by atoms with Crippen LogP contribution in [0.1, 0.15) is 128 Å². The lowest BCUT2D eigenvalue weighted by atomic mass is 9.97. The van der Waals surface area contributed by atoms with Crippen LogP contribution in [0.3, 0.4) is 0 Å². The first kappa shape index (κ1) is 110. The molecule has 130 heavy (non-hydrogen) atoms. The van der Waals surface area contributed by atoms with Crippen molar-refractivity contribution in [3.05, 3.63) is 268 Å². The largest absolute Gasteiger partial charge is 0.467 e. The van der Waals surface area contributed by atoms with Crippen molar-refractivity contribution in [2.75, 3.05) is 68.0 Å². The number of benzene rings is 8. The Bertz CT molecular complexity index is 5190. The number of urea groups is 2. The first-order chi connectivity index (χ1) is 62.2. The number of aliphatic hydroxyl groups is 3. The molecule has 1 aromatic heterocycles. The van der Waals surface area contributed by atoms with E-state index in [9.17, 15) is 63.3 Å². The van der Waals surface area contributed by atoms with Crippen molar-refractivity contribution in [1.82, 2.24) is 9.13 Å². The number of allylic oxidation sites excluding steroid dienone is 1. The molecule has 36 heteroatoms. The number of anilines is 5. The molecule has 0 saturated carbocycles. The highest BCUT2D eigenvalue weighted by Gasteiger charge is 2.63. The zero-order chi connectivity index (χ0) is 96.3. The van der Waals surface area contributed by atoms with Gasteiger partial charge in [0.2, 0.25) is 6.08 Å². The molecule has 2 saturated heterocycles. The van der Waals surface area contributed by atoms with Crippen LogP contribution in [0.5, 0.6) is 0 Å². The van der Waals surface area contributed by atoms with Crippen molar-refractivity contribution >= 4 is 181 Å². The van der Waals surface area contributed by atoms with E-state index in [1.54, 1.807) is 194 Å². The molecule has 28 nitrogen and oxygen atoms in total. The summed E-state index contributed by atoms with van der Waals surface area (Å²) in [5, 5.41) is 42.2. The van der Waals surface area contributed by atoms with Crippen molar-refractivity contribution in [3.63, 3.8) is 0 Å². The summed E-state index contributed by atoms with van der Waals surface area (Å²) in [5.74, 6) is -3.43. The number of nitrogens with one attached hydrogen (secondary N) is 2. The van der Waals surface area contributed by atoms with Gasteiger partial charge >= 0.3 is 53.6 Å². The van der Waals surface area contributed by atoms with Gasteiger partial charge in [0.25, 0.3) is 5.72 Å². The second-order valence-corrected chi connectivity index (χ2v) is 31.8. The predicted molar refractivity (Wildman–Crippen MR) is 509 cm³/mol. The van der Waals surface area contributed by atoms with Crippen LogP contribution in [-0.4, -0.2) is 169 Å². The fourth-order valence-corrected chi connectivity index (χ4v) is 13.9. The number of aromatic nitrogens is 2. The number of nitrogens with zero attached hydrogens (tertiary/aromatic N) is 6. The SMILES string of the molecule is CCC/C=C/C(=O)OC.CCCC(C(O)C(=O)OC)N(C(=O)Nc1ccc(Cl)cc1)c1ccc(Cl)cc1.CCCC(Nc1ccc(Cl)cc1)C(O)C(=O)OC.CCCC1N(c2ccc(Cl)cc2)C(=O)N(c2ccc(Cl)cc2)C1(O)C(=O)OC.CCCC1OC1C(=O)OC.CCCc1c(C(=O)OC)n(-c2ccc(Cl)cc2)c(=O)n1-c1ccc(Cl)cc1.O=C=Nc1ccc(Cl)cc1. The molecule has 0 radical (unpaired) electrons. The van der Waals surface area contributed by atoms with Crippen LogP contribution in [-0.2, 0) is 68.3 Å². The number of isocyanates is 1. The summed E-state index contributed by atoms with van der Waals surface area (Å²) >= 11 is 47.1. The van der Waals surface area contributed by atoms with E-state index in [2.05, 4.69) is 48.4 Å². The molecule has 0 bridgehead atoms. The fraction of sp³-hybridized carbons (Fsp3) is 0.340. The number of imidazole rings is 1. The number of aliphatic imine (C=N–C) groups is 1. The highest BCUT2D eigenvalue weighted by Crippen LogP contribution is 2.42. The summed E-state index contributed by atoms with van der Waals surface area (Å²) < 4.78 is 35.9. The smallest absolute Gasteiger partial charge is 0.362 e. The van der Waals surface area contributed by atoms with Gasteiger partial charge in [-0.2, -0.15) is 4.99 Å². The van der Waals surface area contributed by atoms with E-state index in [0.29, 0.717) is 124 Å². The molecule has 4 amide bonds. The molecule has 2 fully saturated rings. The molecule has 698 valence electrons. The van der Waals surface area contributed by atoms with Gasteiger partial charge in [-0.3, -0.25) is 23.8 Å². The van der Waals surface area contributed by atoms with Gasteiger partial charge in [-0.15, -0.1) is 0 Å². The van der Waals surface area contributed by atoms with Crippen LogP contribution in [0.25, 0.3) is 11.4 Å². The van der Waals surface area contributed by atoms with Crippen molar-refractivity contribution < 1.29 is 91.6 Å². The summed E-state index contributed by atoms with van der Waals surface area (Å²) in [6.07, 6.45) is 10.7. The van der Waals surface area contributed by atoms with E-state index >= 15 is 0 Å². The number of carbonyl (C=O) groups is 8. The van der Waals surface area contributed by atoms with E-state index in [0.717, 1.165) is 49.1 Å². The Kier molecular flexibility index (Phi) is 47.9. The minimum Gasteiger partial charge on any atom is -0.467 e. The van der Waals surface area contributed by atoms with Gasteiger partial charge in [0.15, 0.2) is 24.0 Å². The highest BCUT2D eigenvalue weighted by molar-refractivity contribution is 6.33. The molecular formula is C94H106Cl8N8O20. The minimum absolute atomic E-state index is 0.137. The minimum atomic E-state index is -2.20. The molecule has 0 aliphatic carbocycles. The molecule has 9 aromatic rings. The van der Waals surface area contributed by atoms with Gasteiger partial charge in [0.1, 0.15) is 0 Å². The number of amides is 4. The lowest BCUT2D eigenvalue weighted by Crippen LogP contribution is -2.59. The Morgan fingerprint density at radius 2 is 0.962 bits per heavy atom. The van der Waals surface area contributed by atoms with Gasteiger partial charge in [-0.1, -0.05) is 179 Å². The number of unbranched alkanes of at least 4 members (excludes halogenated alkanes) is 1. The van der Waals surface area contributed by atoms with Crippen LogP contribution in [0.2, 0.25) is 40.2 Å². The second kappa shape index (κ2) is 56.7. The third-order valence-electron chi connectivity index (χ3n) is 19.2. The van der Waals surface area contributed by atoms with E-state index in [4.69, 9.17) is 107 Å². The van der Waals surface area contributed by atoms with Crippen LogP contribution in [0.4, 0.5) is 43.7 Å². The van der Waals surface area contributed by atoms with Crippen molar-refractivity contribution in [3.8, 4) is 11.4 Å². The number of aliphatic hydroxyl groups excluding tert-OH is 2. The second-order valence-electron chi connectivity index (χ2n) is 28.3. The van der Waals surface area contributed by atoms with Gasteiger partial charge in [0, 0.05) is 74.7 Å². The van der Waals surface area contributed by atoms with Gasteiger partial charge in [0.05, 0.1) is 89.6 Å². The number of ether oxygens (including phenoxy) is 7. The molecule has 8 aromatic carbocycles. The van der Waals surface area contributed by atoms with Gasteiger partial charge < -0.3 is 59.1 Å². The third kappa shape index (κ3) is 32.6. The van der Waals surface area contributed by atoms with E-state index in [1.165, 1.54) is 73.7 Å². The summed E-state index contributed by atoms with van der Waals surface area (Å²) in [4.78, 5) is 126. The number of hydrogen-bond acceptors (Lipinski definition) is 22. The quantitative estimate of drug-likeness (QED) is 0.00697. The van der Waals surface area contributed by atoms with E-state index in [-0.39, 0.29) is 41.6 Å². The molecule has 3 heterocycles. The summed E-state index contributed by atoms with van der Waals surface area (Å²) in [6.45, 7) is 11.9. The van der Waals surface area contributed by atoms with Crippen molar-refractivity contribution in [2.24, 2.45) is 4.99 Å². The molecule has 0 spiro atoms. The maximum atomic E-state index is 13.4. The third-order valence-corrected chi connectivity index (χ3v) is 21.2. The lowest BCUT2D eigenvalue weighted by Gasteiger charge is -2.34. The standard InChI is InChI=1S/C20H20Cl2N2O4.C20H22Cl2N2O4.C20H18Cl2N2O3.C13H18ClNO3.C7H4ClNO.C7H12O3.C7H12O2/c1-3-4-17-20(27,18(25)28-2)24(16-11-7-14(22)8-12-16)19(26)23(17)15-9-5-13(21)6-10-15;1-3-4-17(18(25)19(26)28-2)24(16-11-7-14(22)8-12-16)20(27)23-15-9-5-13(21)6-10-15;1-3-4-17-18(19(25)27-2)24(16-11-7-14(22)8-12-16)20(26)23(17)15-9-5-13(21)6-10-15;1-3-4-11(12(16)13(17)18-2)15-10-7-5-9(14)6-8-10;8-6-1-3-7(4-2-6)9-5-10;1-3-4-5-6(10-5)7(8)9-2;1-3-4-5-6-7(8)9-2/h5-12,17,27H,3-4H2,1-2H3;5-12,17-18,25H,3-4H2,1-2H3,(H,23,27);5-12H,3-4H2,1-2H3;5-8,11-12,15-16H,3-4H2,1-2H3;1-4H;5-6H,3-4H2,1-2H3;5-6H,3-4H2,1-2H3/b;;;;;;6-5+. The molecule has 8 atom stereocenters. The number of methoxy groups -OCH3 is 6. The number of halogens is 8. The summed E-state index contributed by atoms with van der Waals surface area (Å²) in [5.41, 5.74) is 2.65. The Morgan fingerprint density at radius 3 is 1.39 bits per heavy atom. The lowest BCUT2D eigenvalue weighted by molar-refractivity contribution is -0.162. The average molecular weight is 1950 g/mol. The zero-order valence-corrected chi connectivity index (χ0v) is 79.7. The Labute approximate surface area is 795 Å². The van der Waals surface area contributed by atoms with Crippen molar-refractivity contribution in [1.29, 1.82) is 0 Å². The van der Waals surface area contributed by atoms with Crippen LogP contribution < -0.4 is 31.0 Å². The van der Waals surface area contributed by atoms with E-state index < -0.39 is 66.0 Å². The number of esters is 6. The first-order valence-corrected chi connectivity index (χ1v) is 44.1. The topological polar surface area (TPSA) is 355 Å². The number of carbonyl (C=O) groups excluding carboxylic acids is 9. The highest BCUT2D eigenvalue weighted by atomic mass is 35.5. The molecular weight excluding hydrogens is 1840 g/mol. The summed E-state index contributed by atoms with van der Waals surface area (Å²) in [7, 11) is 7.69. The van der Waals surface area contributed by atoms with Gasteiger partial charge in [-0.05, 0) is 233 Å². The maximum absolute atomic E-state index is 13.4. The van der Waals surface area contributed by atoms with Crippen molar-refractivity contribution in [2.45, 2.75) is 167 Å². The number of hydrogen-bond donors (Lipinski definition) is 5. The fourth-order valence-electron chi connectivity index (χ4n) is 12.9. The summed E-state index contributed by atoms with van der Waals surface area (Å²) in [6, 6.07) is 50.4. The molecule has 8 unspecified atom stereocenters. The zero-order valence-electron chi connectivity index (χ0n) is 73.6. The number of rotatable bonds is 30. The first-order valence-electron chi connectivity index (χ1n) is 41.1.